The third-order valence-corrected chi connectivity index (χ3v) is 3.80. The lowest BCUT2D eigenvalue weighted by Crippen LogP contribution is -2.27. The molecule has 0 saturated carbocycles. The lowest BCUT2D eigenvalue weighted by molar-refractivity contribution is -0.130. The second-order valence-corrected chi connectivity index (χ2v) is 6.04. The summed E-state index contributed by atoms with van der Waals surface area (Å²) in [6, 6.07) is 12.5. The predicted molar refractivity (Wildman–Crippen MR) is 102 cm³/mol. The normalized spacial score (nSPS) is 10.6. The van der Waals surface area contributed by atoms with Crippen molar-refractivity contribution in [1.82, 2.24) is 4.90 Å². The number of allylic oxidation sites excluding steroid dienone is 1. The highest BCUT2D eigenvalue weighted by Crippen LogP contribution is 2.21. The molecule has 26 heavy (non-hydrogen) atoms. The number of nitrogens with zero attached hydrogens (tertiary/aromatic N) is 1. The van der Waals surface area contributed by atoms with Gasteiger partial charge in [0.2, 0.25) is 0 Å². The molecule has 2 aromatic rings. The van der Waals surface area contributed by atoms with Crippen LogP contribution in [0.25, 0.3) is 6.08 Å². The Balaban J connectivity index is 2.04. The molecule has 0 fully saturated rings. The summed E-state index contributed by atoms with van der Waals surface area (Å²) < 4.78 is 10.7. The van der Waals surface area contributed by atoms with Gasteiger partial charge in [-0.2, -0.15) is 0 Å². The number of ether oxygens (including phenoxy) is 2. The SMILES string of the molecule is COc1ccc(C)cc1/C=C/C(=O)c1ccc(OCC(=O)N(C)C)cc1. The number of aryl methyl sites for hydroxylation is 1. The van der Waals surface area contributed by atoms with Crippen LogP contribution in [0.4, 0.5) is 0 Å². The minimum Gasteiger partial charge on any atom is -0.496 e. The van der Waals surface area contributed by atoms with E-state index in [4.69, 9.17) is 9.47 Å². The minimum atomic E-state index is -0.125. The summed E-state index contributed by atoms with van der Waals surface area (Å²) in [7, 11) is 4.94. The van der Waals surface area contributed by atoms with Gasteiger partial charge in [0, 0.05) is 25.2 Å². The molecule has 136 valence electrons. The van der Waals surface area contributed by atoms with E-state index in [1.54, 1.807) is 51.5 Å². The zero-order valence-electron chi connectivity index (χ0n) is 15.5. The van der Waals surface area contributed by atoms with Gasteiger partial charge in [-0.25, -0.2) is 0 Å². The van der Waals surface area contributed by atoms with Crippen molar-refractivity contribution in [3.8, 4) is 11.5 Å². The monoisotopic (exact) mass is 353 g/mol. The molecule has 0 unspecified atom stereocenters. The summed E-state index contributed by atoms with van der Waals surface area (Å²) in [5.41, 5.74) is 2.48. The number of amides is 1. The maximum atomic E-state index is 12.3. The second-order valence-electron chi connectivity index (χ2n) is 6.04. The molecule has 0 aliphatic rings. The lowest BCUT2D eigenvalue weighted by Gasteiger charge is -2.11. The molecule has 0 aromatic heterocycles. The van der Waals surface area contributed by atoms with Gasteiger partial charge in [-0.3, -0.25) is 9.59 Å². The van der Waals surface area contributed by atoms with Gasteiger partial charge in [0.05, 0.1) is 7.11 Å². The topological polar surface area (TPSA) is 55.8 Å². The Hall–Kier alpha value is -3.08. The third kappa shape index (κ3) is 5.21. The van der Waals surface area contributed by atoms with Crippen molar-refractivity contribution >= 4 is 17.8 Å². The predicted octanol–water partition coefficient (Wildman–Crippen LogP) is 3.37. The number of carbonyl (C=O) groups excluding carboxylic acids is 2. The van der Waals surface area contributed by atoms with Gasteiger partial charge in [-0.05, 0) is 55.5 Å². The highest BCUT2D eigenvalue weighted by Gasteiger charge is 2.07. The van der Waals surface area contributed by atoms with Gasteiger partial charge in [0.25, 0.3) is 5.91 Å². The van der Waals surface area contributed by atoms with Crippen LogP contribution in [0.5, 0.6) is 11.5 Å². The van der Waals surface area contributed by atoms with Crippen LogP contribution in [0.1, 0.15) is 21.5 Å². The fourth-order valence-corrected chi connectivity index (χ4v) is 2.24. The molecule has 0 radical (unpaired) electrons. The van der Waals surface area contributed by atoms with Crippen molar-refractivity contribution in [2.45, 2.75) is 6.92 Å². The van der Waals surface area contributed by atoms with Gasteiger partial charge in [-0.1, -0.05) is 11.6 Å². The van der Waals surface area contributed by atoms with Crippen molar-refractivity contribution in [2.24, 2.45) is 0 Å². The summed E-state index contributed by atoms with van der Waals surface area (Å²) in [6.45, 7) is 1.95. The first-order chi connectivity index (χ1) is 12.4. The maximum absolute atomic E-state index is 12.3. The van der Waals surface area contributed by atoms with Crippen molar-refractivity contribution in [1.29, 1.82) is 0 Å². The quantitative estimate of drug-likeness (QED) is 0.566. The number of likely N-dealkylation sites (N-methyl/N-ethyl adjacent to an activating group) is 1. The average Bonchev–Trinajstić information content (AvgIpc) is 2.64. The summed E-state index contributed by atoms with van der Waals surface area (Å²) in [5, 5.41) is 0. The van der Waals surface area contributed by atoms with E-state index in [-0.39, 0.29) is 18.3 Å². The highest BCUT2D eigenvalue weighted by molar-refractivity contribution is 6.07. The van der Waals surface area contributed by atoms with E-state index >= 15 is 0 Å². The van der Waals surface area contributed by atoms with Crippen LogP contribution in [0, 0.1) is 6.92 Å². The number of benzene rings is 2. The molecular formula is C21H23NO4. The second kappa shape index (κ2) is 8.85. The Morgan fingerprint density at radius 2 is 1.77 bits per heavy atom. The van der Waals surface area contributed by atoms with E-state index in [2.05, 4.69) is 0 Å². The molecular weight excluding hydrogens is 330 g/mol. The summed E-state index contributed by atoms with van der Waals surface area (Å²) in [5.74, 6) is 1.01. The van der Waals surface area contributed by atoms with Crippen molar-refractivity contribution in [2.75, 3.05) is 27.8 Å². The van der Waals surface area contributed by atoms with Gasteiger partial charge in [-0.15, -0.1) is 0 Å². The fraction of sp³-hybridized carbons (Fsp3) is 0.238. The van der Waals surface area contributed by atoms with Crippen molar-refractivity contribution in [3.05, 3.63) is 65.2 Å². The lowest BCUT2D eigenvalue weighted by atomic mass is 10.1. The smallest absolute Gasteiger partial charge is 0.259 e. The van der Waals surface area contributed by atoms with Gasteiger partial charge in [0.15, 0.2) is 12.4 Å². The van der Waals surface area contributed by atoms with Crippen molar-refractivity contribution in [3.63, 3.8) is 0 Å². The molecule has 0 bridgehead atoms. The van der Waals surface area contributed by atoms with Gasteiger partial charge in [0.1, 0.15) is 11.5 Å². The molecule has 5 nitrogen and oxygen atoms in total. The zero-order valence-corrected chi connectivity index (χ0v) is 15.5. The van der Waals surface area contributed by atoms with E-state index in [0.717, 1.165) is 11.1 Å². The first kappa shape index (κ1) is 19.2. The van der Waals surface area contributed by atoms with E-state index in [1.165, 1.54) is 11.0 Å². The molecule has 0 heterocycles. The molecule has 0 N–H and O–H groups in total. The molecule has 0 aliphatic carbocycles. The number of hydrogen-bond acceptors (Lipinski definition) is 4. The Kier molecular flexibility index (Phi) is 6.55. The van der Waals surface area contributed by atoms with Gasteiger partial charge < -0.3 is 14.4 Å². The van der Waals surface area contributed by atoms with Crippen LogP contribution < -0.4 is 9.47 Å². The van der Waals surface area contributed by atoms with Crippen molar-refractivity contribution < 1.29 is 19.1 Å². The maximum Gasteiger partial charge on any atom is 0.259 e. The van der Waals surface area contributed by atoms with E-state index in [0.29, 0.717) is 17.1 Å². The Bertz CT molecular complexity index is 807. The van der Waals surface area contributed by atoms with Crippen LogP contribution in [0.2, 0.25) is 0 Å². The molecule has 5 heteroatoms. The molecule has 2 aromatic carbocycles. The van der Waals surface area contributed by atoms with Crippen LogP contribution >= 0.6 is 0 Å². The first-order valence-corrected chi connectivity index (χ1v) is 8.21. The number of ketones is 1. The Morgan fingerprint density at radius 1 is 1.08 bits per heavy atom. The van der Waals surface area contributed by atoms with Crippen LogP contribution in [0.3, 0.4) is 0 Å². The van der Waals surface area contributed by atoms with Gasteiger partial charge >= 0.3 is 0 Å². The van der Waals surface area contributed by atoms with Crippen LogP contribution in [-0.4, -0.2) is 44.4 Å². The highest BCUT2D eigenvalue weighted by atomic mass is 16.5. The van der Waals surface area contributed by atoms with E-state index in [1.807, 2.05) is 25.1 Å². The minimum absolute atomic E-state index is 0.0344. The summed E-state index contributed by atoms with van der Waals surface area (Å²) in [6.07, 6.45) is 3.26. The van der Waals surface area contributed by atoms with Crippen LogP contribution in [-0.2, 0) is 4.79 Å². The molecule has 0 atom stereocenters. The average molecular weight is 353 g/mol. The molecule has 0 aliphatic heterocycles. The number of hydrogen-bond donors (Lipinski definition) is 0. The molecule has 0 spiro atoms. The zero-order chi connectivity index (χ0) is 19.1. The van der Waals surface area contributed by atoms with E-state index in [9.17, 15) is 9.59 Å². The Labute approximate surface area is 153 Å². The summed E-state index contributed by atoms with van der Waals surface area (Å²) in [4.78, 5) is 25.3. The van der Waals surface area contributed by atoms with Crippen LogP contribution in [0.15, 0.2) is 48.5 Å². The third-order valence-electron chi connectivity index (χ3n) is 3.80. The standard InChI is InChI=1S/C21H23NO4/c1-15-5-12-20(25-4)17(13-15)8-11-19(23)16-6-9-18(10-7-16)26-14-21(24)22(2)3/h5-13H,14H2,1-4H3/b11-8+. The number of carbonyl (C=O) groups is 2. The Morgan fingerprint density at radius 3 is 2.38 bits per heavy atom. The number of rotatable bonds is 7. The molecule has 1 amide bonds. The molecule has 2 rings (SSSR count). The summed E-state index contributed by atoms with van der Waals surface area (Å²) >= 11 is 0. The fourth-order valence-electron chi connectivity index (χ4n) is 2.24. The first-order valence-electron chi connectivity index (χ1n) is 8.21. The number of methoxy groups -OCH3 is 1. The molecule has 0 saturated heterocycles. The van der Waals surface area contributed by atoms with E-state index < -0.39 is 0 Å². The largest absolute Gasteiger partial charge is 0.496 e.